The number of benzene rings is 1. The topological polar surface area (TPSA) is 116 Å². The van der Waals surface area contributed by atoms with Gasteiger partial charge in [-0.3, -0.25) is 20.5 Å². The van der Waals surface area contributed by atoms with Gasteiger partial charge in [-0.05, 0) is 18.6 Å². The molecule has 104 valence electrons. The van der Waals surface area contributed by atoms with E-state index in [1.54, 1.807) is 13.1 Å². The number of nitrogen functional groups attached to an aromatic ring is 1. The van der Waals surface area contributed by atoms with E-state index in [-0.39, 0.29) is 12.2 Å². The molecule has 0 aliphatic carbocycles. The molecule has 8 heteroatoms. The Morgan fingerprint density at radius 2 is 2.25 bits per heavy atom. The van der Waals surface area contributed by atoms with Crippen LogP contribution < -0.4 is 17.0 Å². The van der Waals surface area contributed by atoms with Crippen LogP contribution in [0.4, 0.5) is 11.4 Å². The van der Waals surface area contributed by atoms with Crippen molar-refractivity contribution in [3.05, 3.63) is 62.3 Å². The molecule has 2 aromatic rings. The van der Waals surface area contributed by atoms with E-state index in [0.29, 0.717) is 11.3 Å². The lowest BCUT2D eigenvalue weighted by Gasteiger charge is -2.10. The number of hydrogen-bond donors (Lipinski definition) is 2. The molecule has 0 unspecified atom stereocenters. The molecule has 20 heavy (non-hydrogen) atoms. The minimum atomic E-state index is -0.499. The average Bonchev–Trinajstić information content (AvgIpc) is 2.42. The summed E-state index contributed by atoms with van der Waals surface area (Å²) >= 11 is 0. The van der Waals surface area contributed by atoms with Gasteiger partial charge in [0.25, 0.3) is 5.69 Å². The number of nitrogens with two attached hydrogens (primary N) is 1. The Morgan fingerprint density at radius 1 is 1.50 bits per heavy atom. The number of nitro benzene ring substituents is 1. The number of nitro groups is 1. The van der Waals surface area contributed by atoms with Gasteiger partial charge in [0, 0.05) is 30.1 Å². The van der Waals surface area contributed by atoms with Crippen molar-refractivity contribution in [2.24, 2.45) is 5.84 Å². The summed E-state index contributed by atoms with van der Waals surface area (Å²) in [5.41, 5.74) is 3.84. The maximum absolute atomic E-state index is 11.7. The van der Waals surface area contributed by atoms with E-state index in [0.717, 1.165) is 5.56 Å². The van der Waals surface area contributed by atoms with E-state index in [1.807, 2.05) is 0 Å². The van der Waals surface area contributed by atoms with Gasteiger partial charge in [0.2, 0.25) is 0 Å². The molecule has 0 radical (unpaired) electrons. The van der Waals surface area contributed by atoms with E-state index in [2.05, 4.69) is 10.4 Å². The highest BCUT2D eigenvalue weighted by molar-refractivity contribution is 5.55. The number of non-ortho nitro benzene ring substituents is 1. The molecule has 0 saturated heterocycles. The van der Waals surface area contributed by atoms with E-state index in [9.17, 15) is 14.9 Å². The van der Waals surface area contributed by atoms with Crippen molar-refractivity contribution < 1.29 is 4.92 Å². The zero-order chi connectivity index (χ0) is 14.7. The molecule has 8 nitrogen and oxygen atoms in total. The van der Waals surface area contributed by atoms with Gasteiger partial charge in [-0.15, -0.1) is 0 Å². The molecule has 0 aliphatic heterocycles. The number of nitrogens with one attached hydrogen (secondary N) is 1. The molecule has 2 rings (SSSR count). The van der Waals surface area contributed by atoms with Gasteiger partial charge in [0.1, 0.15) is 0 Å². The highest BCUT2D eigenvalue weighted by Gasteiger charge is 2.11. The van der Waals surface area contributed by atoms with E-state index in [4.69, 9.17) is 5.84 Å². The summed E-state index contributed by atoms with van der Waals surface area (Å²) < 4.78 is 1.37. The Morgan fingerprint density at radius 3 is 2.90 bits per heavy atom. The van der Waals surface area contributed by atoms with Gasteiger partial charge in [0.05, 0.1) is 17.2 Å². The largest absolute Gasteiger partial charge is 0.347 e. The predicted molar refractivity (Wildman–Crippen MR) is 73.2 cm³/mol. The van der Waals surface area contributed by atoms with Crippen LogP contribution in [0.15, 0.2) is 35.4 Å². The van der Waals surface area contributed by atoms with Gasteiger partial charge < -0.3 is 5.43 Å². The molecule has 1 aromatic heterocycles. The summed E-state index contributed by atoms with van der Waals surface area (Å²) in [5, 5.41) is 10.8. The van der Waals surface area contributed by atoms with Crippen molar-refractivity contribution in [2.45, 2.75) is 13.5 Å². The van der Waals surface area contributed by atoms with Crippen molar-refractivity contribution in [1.29, 1.82) is 0 Å². The van der Waals surface area contributed by atoms with E-state index in [1.165, 1.54) is 29.0 Å². The Bertz CT molecular complexity index is 710. The highest BCUT2D eigenvalue weighted by atomic mass is 16.6. The SMILES string of the molecule is Cc1cnc(=O)n(Cc2cc([N+](=O)[O-])ccc2NN)c1. The fourth-order valence-electron chi connectivity index (χ4n) is 1.83. The van der Waals surface area contributed by atoms with Crippen molar-refractivity contribution in [2.75, 3.05) is 5.43 Å². The molecule has 3 N–H and O–H groups in total. The minimum Gasteiger partial charge on any atom is -0.324 e. The Balaban J connectivity index is 2.46. The normalized spacial score (nSPS) is 10.3. The van der Waals surface area contributed by atoms with Gasteiger partial charge in [-0.25, -0.2) is 9.78 Å². The minimum absolute atomic E-state index is 0.0624. The van der Waals surface area contributed by atoms with Crippen molar-refractivity contribution >= 4 is 11.4 Å². The standard InChI is InChI=1S/C12H13N5O3/c1-8-5-14-12(18)16(6-8)7-9-4-10(17(19)20)2-3-11(9)15-13/h2-6,15H,7,13H2,1H3. The molecule has 0 amide bonds. The van der Waals surface area contributed by atoms with Crippen LogP contribution in [0, 0.1) is 17.0 Å². The molecule has 0 aliphatic rings. The molecular weight excluding hydrogens is 262 g/mol. The van der Waals surface area contributed by atoms with Crippen LogP contribution in [0.25, 0.3) is 0 Å². The smallest absolute Gasteiger partial charge is 0.324 e. The molecule has 0 bridgehead atoms. The lowest BCUT2D eigenvalue weighted by Crippen LogP contribution is -2.23. The first-order valence-corrected chi connectivity index (χ1v) is 5.78. The van der Waals surface area contributed by atoms with Gasteiger partial charge in [-0.2, -0.15) is 0 Å². The van der Waals surface area contributed by atoms with Crippen LogP contribution in [0.5, 0.6) is 0 Å². The number of rotatable bonds is 4. The van der Waals surface area contributed by atoms with Crippen LogP contribution in [0.3, 0.4) is 0 Å². The third-order valence-corrected chi connectivity index (χ3v) is 2.78. The van der Waals surface area contributed by atoms with Crippen molar-refractivity contribution in [3.63, 3.8) is 0 Å². The Labute approximate surface area is 114 Å². The number of nitrogens with zero attached hydrogens (tertiary/aromatic N) is 3. The van der Waals surface area contributed by atoms with E-state index >= 15 is 0 Å². The fraction of sp³-hybridized carbons (Fsp3) is 0.167. The van der Waals surface area contributed by atoms with Crippen LogP contribution in [-0.4, -0.2) is 14.5 Å². The van der Waals surface area contributed by atoms with Gasteiger partial charge >= 0.3 is 5.69 Å². The second-order valence-electron chi connectivity index (χ2n) is 4.28. The number of hydrazine groups is 1. The first-order valence-electron chi connectivity index (χ1n) is 5.78. The maximum Gasteiger partial charge on any atom is 0.347 e. The molecule has 0 spiro atoms. The highest BCUT2D eigenvalue weighted by Crippen LogP contribution is 2.22. The number of aromatic nitrogens is 2. The molecule has 0 saturated carbocycles. The third kappa shape index (κ3) is 2.81. The Hall–Kier alpha value is -2.74. The number of anilines is 1. The van der Waals surface area contributed by atoms with Gasteiger partial charge in [0.15, 0.2) is 0 Å². The summed E-state index contributed by atoms with van der Waals surface area (Å²) in [4.78, 5) is 25.7. The van der Waals surface area contributed by atoms with Crippen LogP contribution >= 0.6 is 0 Å². The summed E-state index contributed by atoms with van der Waals surface area (Å²) in [5.74, 6) is 5.38. The zero-order valence-corrected chi connectivity index (χ0v) is 10.7. The second-order valence-corrected chi connectivity index (χ2v) is 4.28. The fourth-order valence-corrected chi connectivity index (χ4v) is 1.83. The molecule has 0 atom stereocenters. The van der Waals surface area contributed by atoms with Gasteiger partial charge in [-0.1, -0.05) is 0 Å². The molecular formula is C12H13N5O3. The van der Waals surface area contributed by atoms with Crippen LogP contribution in [-0.2, 0) is 6.54 Å². The maximum atomic E-state index is 11.7. The molecule has 0 fully saturated rings. The Kier molecular flexibility index (Phi) is 3.76. The molecule has 1 aromatic carbocycles. The lowest BCUT2D eigenvalue weighted by atomic mass is 10.1. The molecule has 1 heterocycles. The van der Waals surface area contributed by atoms with Crippen molar-refractivity contribution in [1.82, 2.24) is 9.55 Å². The summed E-state index contributed by atoms with van der Waals surface area (Å²) in [6, 6.07) is 4.22. The monoisotopic (exact) mass is 275 g/mol. The summed E-state index contributed by atoms with van der Waals surface area (Å²) in [6.45, 7) is 1.95. The number of aryl methyl sites for hydroxylation is 1. The third-order valence-electron chi connectivity index (χ3n) is 2.78. The first-order chi connectivity index (χ1) is 9.51. The lowest BCUT2D eigenvalue weighted by molar-refractivity contribution is -0.384. The summed E-state index contributed by atoms with van der Waals surface area (Å²) in [7, 11) is 0. The van der Waals surface area contributed by atoms with E-state index < -0.39 is 10.6 Å². The second kappa shape index (κ2) is 5.49. The quantitative estimate of drug-likeness (QED) is 0.484. The predicted octanol–water partition coefficient (Wildman–Crippen LogP) is 0.794. The summed E-state index contributed by atoms with van der Waals surface area (Å²) in [6.07, 6.45) is 3.10. The van der Waals surface area contributed by atoms with Crippen LogP contribution in [0.1, 0.15) is 11.1 Å². The zero-order valence-electron chi connectivity index (χ0n) is 10.7. The van der Waals surface area contributed by atoms with Crippen molar-refractivity contribution in [3.8, 4) is 0 Å². The number of hydrogen-bond acceptors (Lipinski definition) is 6. The first kappa shape index (κ1) is 13.7. The van der Waals surface area contributed by atoms with Crippen LogP contribution in [0.2, 0.25) is 0 Å². The average molecular weight is 275 g/mol.